The van der Waals surface area contributed by atoms with Crippen molar-refractivity contribution in [2.24, 2.45) is 22.2 Å². The van der Waals surface area contributed by atoms with Crippen molar-refractivity contribution in [3.05, 3.63) is 59.7 Å². The van der Waals surface area contributed by atoms with Crippen LogP contribution in [0.5, 0.6) is 0 Å². The van der Waals surface area contributed by atoms with Gasteiger partial charge in [-0.25, -0.2) is 0 Å². The quantitative estimate of drug-likeness (QED) is 0.574. The zero-order valence-corrected chi connectivity index (χ0v) is 10.9. The van der Waals surface area contributed by atoms with Crippen LogP contribution in [0.2, 0.25) is 0 Å². The summed E-state index contributed by atoms with van der Waals surface area (Å²) in [4.78, 5) is 15.4. The van der Waals surface area contributed by atoms with E-state index < -0.39 is 5.91 Å². The topological polar surface area (TPSA) is 107 Å². The molecule has 0 spiro atoms. The van der Waals surface area contributed by atoms with Crippen molar-refractivity contribution in [3.8, 4) is 11.1 Å². The zero-order chi connectivity index (χ0) is 14.5. The van der Waals surface area contributed by atoms with Gasteiger partial charge in [-0.1, -0.05) is 36.4 Å². The third kappa shape index (κ3) is 3.02. The number of hydrogen-bond donors (Lipinski definition) is 3. The third-order valence-electron chi connectivity index (χ3n) is 2.89. The molecule has 0 saturated carbocycles. The van der Waals surface area contributed by atoms with Crippen LogP contribution in [0.1, 0.15) is 15.9 Å². The molecule has 20 heavy (non-hydrogen) atoms. The van der Waals surface area contributed by atoms with Crippen molar-refractivity contribution >= 4 is 11.9 Å². The number of guanidine groups is 1. The van der Waals surface area contributed by atoms with Gasteiger partial charge in [0.25, 0.3) is 5.91 Å². The molecule has 0 aliphatic carbocycles. The molecule has 0 saturated heterocycles. The lowest BCUT2D eigenvalue weighted by Crippen LogP contribution is -2.24. The highest BCUT2D eigenvalue weighted by Crippen LogP contribution is 2.24. The molecule has 0 fully saturated rings. The number of carbonyl (C=O) groups is 1. The Kier molecular flexibility index (Phi) is 4.12. The predicted molar refractivity (Wildman–Crippen MR) is 79.9 cm³/mol. The number of benzene rings is 2. The summed E-state index contributed by atoms with van der Waals surface area (Å²) in [6.45, 7) is 0.433. The minimum Gasteiger partial charge on any atom is -0.370 e. The third-order valence-corrected chi connectivity index (χ3v) is 2.89. The van der Waals surface area contributed by atoms with Crippen LogP contribution in [0.15, 0.2) is 53.5 Å². The Bertz CT molecular complexity index is 660. The number of carbonyl (C=O) groups excluding carboxylic acids is 1. The van der Waals surface area contributed by atoms with Gasteiger partial charge in [-0.3, -0.25) is 4.79 Å². The van der Waals surface area contributed by atoms with E-state index in [-0.39, 0.29) is 5.96 Å². The number of amides is 1. The van der Waals surface area contributed by atoms with E-state index in [0.29, 0.717) is 12.1 Å². The van der Waals surface area contributed by atoms with Crippen LogP contribution in [-0.4, -0.2) is 11.9 Å². The Labute approximate surface area is 117 Å². The van der Waals surface area contributed by atoms with Crippen LogP contribution in [-0.2, 0) is 6.54 Å². The zero-order valence-electron chi connectivity index (χ0n) is 10.9. The molecule has 0 heterocycles. The summed E-state index contributed by atoms with van der Waals surface area (Å²) in [5.41, 5.74) is 19.5. The first-order chi connectivity index (χ1) is 9.61. The molecular weight excluding hydrogens is 252 g/mol. The molecule has 0 unspecified atom stereocenters. The van der Waals surface area contributed by atoms with Crippen LogP contribution in [0.3, 0.4) is 0 Å². The molecule has 2 aromatic rings. The average molecular weight is 268 g/mol. The van der Waals surface area contributed by atoms with Crippen molar-refractivity contribution in [1.29, 1.82) is 0 Å². The fraction of sp³-hybridized carbons (Fsp3) is 0.0667. The van der Waals surface area contributed by atoms with Gasteiger partial charge in [0.1, 0.15) is 0 Å². The summed E-state index contributed by atoms with van der Waals surface area (Å²) in [5.74, 6) is -0.708. The molecule has 0 bridgehead atoms. The van der Waals surface area contributed by atoms with Gasteiger partial charge in [-0.15, -0.1) is 0 Å². The average Bonchev–Trinajstić information content (AvgIpc) is 2.46. The molecule has 0 aliphatic rings. The lowest BCUT2D eigenvalue weighted by Gasteiger charge is -2.08. The Morgan fingerprint density at radius 3 is 2.50 bits per heavy atom. The molecule has 2 aromatic carbocycles. The van der Waals surface area contributed by atoms with Gasteiger partial charge < -0.3 is 17.2 Å². The van der Waals surface area contributed by atoms with E-state index in [1.165, 1.54) is 0 Å². The summed E-state index contributed by atoms with van der Waals surface area (Å²) < 4.78 is 0. The van der Waals surface area contributed by atoms with Crippen molar-refractivity contribution in [1.82, 2.24) is 0 Å². The number of rotatable bonds is 3. The van der Waals surface area contributed by atoms with Crippen LogP contribution < -0.4 is 17.2 Å². The standard InChI is InChI=1S/C15H16N4O/c16-9-12-4-1-2-7-13(12)10-5-3-6-11(8-10)14(20)19-15(17)18/h1-8H,9,16H2,(H4,17,18,19,20). The summed E-state index contributed by atoms with van der Waals surface area (Å²) in [5, 5.41) is 0. The first-order valence-electron chi connectivity index (χ1n) is 6.14. The van der Waals surface area contributed by atoms with Crippen molar-refractivity contribution < 1.29 is 4.79 Å². The molecule has 0 aliphatic heterocycles. The molecule has 0 atom stereocenters. The van der Waals surface area contributed by atoms with Crippen molar-refractivity contribution in [2.45, 2.75) is 6.54 Å². The van der Waals surface area contributed by atoms with Crippen molar-refractivity contribution in [2.75, 3.05) is 0 Å². The first-order valence-corrected chi connectivity index (χ1v) is 6.14. The van der Waals surface area contributed by atoms with Crippen LogP contribution in [0, 0.1) is 0 Å². The Morgan fingerprint density at radius 1 is 1.05 bits per heavy atom. The highest BCUT2D eigenvalue weighted by atomic mass is 16.1. The number of nitrogens with two attached hydrogens (primary N) is 3. The fourth-order valence-electron chi connectivity index (χ4n) is 1.98. The Balaban J connectivity index is 2.45. The maximum atomic E-state index is 11.8. The second-order valence-electron chi connectivity index (χ2n) is 4.28. The molecule has 6 N–H and O–H groups in total. The van der Waals surface area contributed by atoms with Gasteiger partial charge >= 0.3 is 0 Å². The Hall–Kier alpha value is -2.66. The number of nitrogens with zero attached hydrogens (tertiary/aromatic N) is 1. The molecule has 0 aromatic heterocycles. The monoisotopic (exact) mass is 268 g/mol. The highest BCUT2D eigenvalue weighted by molar-refractivity contribution is 6.02. The lowest BCUT2D eigenvalue weighted by atomic mass is 9.98. The minimum atomic E-state index is -0.461. The van der Waals surface area contributed by atoms with Crippen LogP contribution >= 0.6 is 0 Å². The molecule has 5 heteroatoms. The second kappa shape index (κ2) is 5.99. The van der Waals surface area contributed by atoms with E-state index >= 15 is 0 Å². The SMILES string of the molecule is NCc1ccccc1-c1cccc(C(=O)N=C(N)N)c1. The van der Waals surface area contributed by atoms with E-state index in [2.05, 4.69) is 4.99 Å². The van der Waals surface area contributed by atoms with E-state index in [9.17, 15) is 4.79 Å². The van der Waals surface area contributed by atoms with Gasteiger partial charge in [0.2, 0.25) is 0 Å². The van der Waals surface area contributed by atoms with Crippen LogP contribution in [0.25, 0.3) is 11.1 Å². The first kappa shape index (κ1) is 13.8. The highest BCUT2D eigenvalue weighted by Gasteiger charge is 2.08. The van der Waals surface area contributed by atoms with E-state index in [0.717, 1.165) is 16.7 Å². The van der Waals surface area contributed by atoms with Gasteiger partial charge in [-0.2, -0.15) is 4.99 Å². The molecule has 102 valence electrons. The summed E-state index contributed by atoms with van der Waals surface area (Å²) >= 11 is 0. The fourth-order valence-corrected chi connectivity index (χ4v) is 1.98. The summed E-state index contributed by atoms with van der Waals surface area (Å²) in [6.07, 6.45) is 0. The molecule has 1 amide bonds. The maximum absolute atomic E-state index is 11.8. The molecular formula is C15H16N4O. The van der Waals surface area contributed by atoms with E-state index in [1.54, 1.807) is 18.2 Å². The predicted octanol–water partition coefficient (Wildman–Crippen LogP) is 1.23. The van der Waals surface area contributed by atoms with Gasteiger partial charge in [-0.05, 0) is 28.8 Å². The van der Waals surface area contributed by atoms with E-state index in [1.807, 2.05) is 30.3 Å². The molecule has 0 radical (unpaired) electrons. The van der Waals surface area contributed by atoms with Gasteiger partial charge in [0, 0.05) is 12.1 Å². The van der Waals surface area contributed by atoms with Crippen LogP contribution in [0.4, 0.5) is 0 Å². The number of aliphatic imine (C=N–C) groups is 1. The number of hydrogen-bond acceptors (Lipinski definition) is 2. The van der Waals surface area contributed by atoms with E-state index in [4.69, 9.17) is 17.2 Å². The normalized spacial score (nSPS) is 10.1. The minimum absolute atomic E-state index is 0.247. The summed E-state index contributed by atoms with van der Waals surface area (Å²) in [6, 6.07) is 14.9. The summed E-state index contributed by atoms with van der Waals surface area (Å²) in [7, 11) is 0. The van der Waals surface area contributed by atoms with Gasteiger partial charge in [0.05, 0.1) is 0 Å². The lowest BCUT2D eigenvalue weighted by molar-refractivity contribution is 0.100. The maximum Gasteiger partial charge on any atom is 0.280 e. The molecule has 5 nitrogen and oxygen atoms in total. The van der Waals surface area contributed by atoms with Gasteiger partial charge in [0.15, 0.2) is 5.96 Å². The Morgan fingerprint density at radius 2 is 1.80 bits per heavy atom. The second-order valence-corrected chi connectivity index (χ2v) is 4.28. The van der Waals surface area contributed by atoms with Crippen molar-refractivity contribution in [3.63, 3.8) is 0 Å². The molecule has 2 rings (SSSR count). The smallest absolute Gasteiger partial charge is 0.280 e. The largest absolute Gasteiger partial charge is 0.370 e.